The van der Waals surface area contributed by atoms with Crippen LogP contribution in [0.3, 0.4) is 0 Å². The van der Waals surface area contributed by atoms with Gasteiger partial charge in [0.25, 0.3) is 5.56 Å². The zero-order valence-electron chi connectivity index (χ0n) is 23.4. The number of nitro benzene ring substituents is 1. The minimum atomic E-state index is -0.510. The highest BCUT2D eigenvalue weighted by molar-refractivity contribution is 9.10. The van der Waals surface area contributed by atoms with E-state index in [0.717, 1.165) is 27.2 Å². The second-order valence-corrected chi connectivity index (χ2v) is 10.7. The van der Waals surface area contributed by atoms with E-state index >= 15 is 0 Å². The first kappa shape index (κ1) is 28.9. The molecule has 0 radical (unpaired) electrons. The average molecular weight is 630 g/mol. The molecule has 4 aromatic carbocycles. The SMILES string of the molecule is CCOc1cc(C=Nn2c([C@H](C)CC)nc3ccc(Br)cc3c2=O)cc([N+](=O)[O-])c1OCc1cccc2ccccc12. The molecule has 0 N–H and O–H groups in total. The van der Waals surface area contributed by atoms with Gasteiger partial charge in [0, 0.05) is 22.0 Å². The van der Waals surface area contributed by atoms with Gasteiger partial charge in [-0.25, -0.2) is 4.98 Å². The number of ether oxygens (including phenoxy) is 2. The summed E-state index contributed by atoms with van der Waals surface area (Å²) in [6.07, 6.45) is 2.15. The number of hydrogen-bond donors (Lipinski definition) is 0. The maximum absolute atomic E-state index is 13.5. The number of halogens is 1. The van der Waals surface area contributed by atoms with E-state index in [0.29, 0.717) is 22.3 Å². The number of aromatic nitrogens is 2. The number of nitrogens with zero attached hydrogens (tertiary/aromatic N) is 4. The Morgan fingerprint density at radius 3 is 2.60 bits per heavy atom. The van der Waals surface area contributed by atoms with Crippen LogP contribution >= 0.6 is 15.9 Å². The molecule has 5 rings (SSSR count). The van der Waals surface area contributed by atoms with Crippen molar-refractivity contribution >= 4 is 49.5 Å². The topological polar surface area (TPSA) is 109 Å². The van der Waals surface area contributed by atoms with Crippen LogP contribution in [0.2, 0.25) is 0 Å². The third-order valence-electron chi connectivity index (χ3n) is 7.01. The van der Waals surface area contributed by atoms with Crippen molar-refractivity contribution < 1.29 is 14.4 Å². The van der Waals surface area contributed by atoms with Crippen LogP contribution in [0.1, 0.15) is 50.1 Å². The van der Waals surface area contributed by atoms with Crippen LogP contribution in [-0.2, 0) is 6.61 Å². The predicted molar refractivity (Wildman–Crippen MR) is 168 cm³/mol. The van der Waals surface area contributed by atoms with Crippen molar-refractivity contribution in [1.29, 1.82) is 0 Å². The minimum Gasteiger partial charge on any atom is -0.490 e. The largest absolute Gasteiger partial charge is 0.490 e. The minimum absolute atomic E-state index is 0.0293. The summed E-state index contributed by atoms with van der Waals surface area (Å²) in [4.78, 5) is 29.9. The Bertz CT molecular complexity index is 1880. The normalized spacial score (nSPS) is 12.2. The highest BCUT2D eigenvalue weighted by Crippen LogP contribution is 2.39. The molecule has 214 valence electrons. The lowest BCUT2D eigenvalue weighted by Gasteiger charge is -2.15. The van der Waals surface area contributed by atoms with Gasteiger partial charge in [-0.1, -0.05) is 72.2 Å². The van der Waals surface area contributed by atoms with E-state index in [-0.39, 0.29) is 41.9 Å². The molecule has 0 saturated heterocycles. The summed E-state index contributed by atoms with van der Waals surface area (Å²) in [7, 11) is 0. The van der Waals surface area contributed by atoms with Crippen LogP contribution < -0.4 is 15.0 Å². The predicted octanol–water partition coefficient (Wildman–Crippen LogP) is 7.59. The number of hydrogen-bond acceptors (Lipinski definition) is 7. The molecule has 0 aliphatic heterocycles. The van der Waals surface area contributed by atoms with Crippen molar-refractivity contribution in [1.82, 2.24) is 9.66 Å². The molecule has 0 bridgehead atoms. The van der Waals surface area contributed by atoms with Gasteiger partial charge in [0.1, 0.15) is 12.4 Å². The highest BCUT2D eigenvalue weighted by atomic mass is 79.9. The number of fused-ring (bicyclic) bond motifs is 2. The Balaban J connectivity index is 1.56. The van der Waals surface area contributed by atoms with Gasteiger partial charge in [-0.2, -0.15) is 9.78 Å². The van der Waals surface area contributed by atoms with Crippen molar-refractivity contribution in [2.45, 2.75) is 39.7 Å². The first-order valence-corrected chi connectivity index (χ1v) is 14.4. The molecular weight excluding hydrogens is 600 g/mol. The Labute approximate surface area is 250 Å². The van der Waals surface area contributed by atoms with Crippen LogP contribution in [0.25, 0.3) is 21.7 Å². The summed E-state index contributed by atoms with van der Waals surface area (Å²) in [6, 6.07) is 22.1. The molecule has 0 fully saturated rings. The Morgan fingerprint density at radius 2 is 1.83 bits per heavy atom. The zero-order chi connectivity index (χ0) is 29.8. The highest BCUT2D eigenvalue weighted by Gasteiger charge is 2.23. The van der Waals surface area contributed by atoms with E-state index in [1.54, 1.807) is 25.1 Å². The summed E-state index contributed by atoms with van der Waals surface area (Å²) in [5.74, 6) is 0.689. The number of rotatable bonds is 10. The second kappa shape index (κ2) is 12.5. The van der Waals surface area contributed by atoms with E-state index in [4.69, 9.17) is 14.5 Å². The van der Waals surface area contributed by atoms with Crippen molar-refractivity contribution in [2.75, 3.05) is 6.61 Å². The van der Waals surface area contributed by atoms with E-state index in [1.165, 1.54) is 17.0 Å². The first-order chi connectivity index (χ1) is 20.3. The molecule has 10 heteroatoms. The quantitative estimate of drug-likeness (QED) is 0.0895. The smallest absolute Gasteiger partial charge is 0.315 e. The van der Waals surface area contributed by atoms with Crippen LogP contribution in [0.15, 0.2) is 87.2 Å². The van der Waals surface area contributed by atoms with Gasteiger partial charge in [-0.3, -0.25) is 14.9 Å². The molecule has 1 aromatic heterocycles. The van der Waals surface area contributed by atoms with Crippen LogP contribution in [0, 0.1) is 10.1 Å². The summed E-state index contributed by atoms with van der Waals surface area (Å²) in [6.45, 7) is 6.15. The van der Waals surface area contributed by atoms with Gasteiger partial charge in [0.05, 0.1) is 28.6 Å². The maximum atomic E-state index is 13.5. The van der Waals surface area contributed by atoms with Gasteiger partial charge >= 0.3 is 5.69 Å². The molecule has 1 atom stereocenters. The lowest BCUT2D eigenvalue weighted by Crippen LogP contribution is -2.23. The van der Waals surface area contributed by atoms with Crippen LogP contribution in [0.4, 0.5) is 5.69 Å². The zero-order valence-corrected chi connectivity index (χ0v) is 25.0. The summed E-state index contributed by atoms with van der Waals surface area (Å²) >= 11 is 3.41. The van der Waals surface area contributed by atoms with Gasteiger partial charge in [-0.15, -0.1) is 0 Å². The molecule has 5 aromatic rings. The Morgan fingerprint density at radius 1 is 1.05 bits per heavy atom. The van der Waals surface area contributed by atoms with Gasteiger partial charge in [0.2, 0.25) is 5.75 Å². The third kappa shape index (κ3) is 5.89. The van der Waals surface area contributed by atoms with E-state index < -0.39 is 4.92 Å². The third-order valence-corrected chi connectivity index (χ3v) is 7.51. The van der Waals surface area contributed by atoms with E-state index in [9.17, 15) is 14.9 Å². The van der Waals surface area contributed by atoms with Crippen molar-refractivity contribution in [3.8, 4) is 11.5 Å². The fourth-order valence-electron chi connectivity index (χ4n) is 4.70. The standard InChI is InChI=1S/C32H29BrN4O5/c1-4-20(3)31-35-27-14-13-24(33)17-26(27)32(38)36(31)34-18-21-15-28(37(39)40)30(29(16-21)41-5-2)42-19-23-11-8-10-22-9-6-7-12-25(22)23/h6-18,20H,4-5,19H2,1-3H3/t20-/m1/s1. The molecule has 1 heterocycles. The summed E-state index contributed by atoms with van der Waals surface area (Å²) < 4.78 is 13.9. The molecule has 0 aliphatic rings. The summed E-state index contributed by atoms with van der Waals surface area (Å²) in [5.41, 5.74) is 1.24. The molecule has 0 saturated carbocycles. The van der Waals surface area contributed by atoms with E-state index in [1.807, 2.05) is 62.4 Å². The first-order valence-electron chi connectivity index (χ1n) is 13.6. The second-order valence-electron chi connectivity index (χ2n) is 9.79. The van der Waals surface area contributed by atoms with Gasteiger partial charge in [0.15, 0.2) is 5.75 Å². The van der Waals surface area contributed by atoms with Crippen molar-refractivity contribution in [2.24, 2.45) is 5.10 Å². The molecule has 0 unspecified atom stereocenters. The fraction of sp³-hybridized carbons (Fsp3) is 0.219. The number of benzene rings is 4. The molecule has 0 spiro atoms. The van der Waals surface area contributed by atoms with Crippen LogP contribution in [-0.4, -0.2) is 27.4 Å². The van der Waals surface area contributed by atoms with E-state index in [2.05, 4.69) is 21.0 Å². The van der Waals surface area contributed by atoms with Crippen molar-refractivity contribution in [3.05, 3.63) is 115 Å². The molecule has 0 aliphatic carbocycles. The molecule has 9 nitrogen and oxygen atoms in total. The monoisotopic (exact) mass is 628 g/mol. The number of nitro groups is 1. The Hall–Kier alpha value is -4.57. The average Bonchev–Trinajstić information content (AvgIpc) is 2.99. The van der Waals surface area contributed by atoms with Gasteiger partial charge in [-0.05, 0) is 53.9 Å². The lowest BCUT2D eigenvalue weighted by molar-refractivity contribution is -0.386. The Kier molecular flexibility index (Phi) is 8.63. The molecule has 42 heavy (non-hydrogen) atoms. The lowest BCUT2D eigenvalue weighted by atomic mass is 10.1. The van der Waals surface area contributed by atoms with Crippen LogP contribution in [0.5, 0.6) is 11.5 Å². The maximum Gasteiger partial charge on any atom is 0.315 e. The summed E-state index contributed by atoms with van der Waals surface area (Å²) in [5, 5.41) is 19.1. The molecule has 0 amide bonds. The van der Waals surface area contributed by atoms with Gasteiger partial charge < -0.3 is 9.47 Å². The molecular formula is C32H29BrN4O5. The fourth-order valence-corrected chi connectivity index (χ4v) is 5.06. The van der Waals surface area contributed by atoms with Crippen molar-refractivity contribution in [3.63, 3.8) is 0 Å².